The number of imide groups is 1. The number of allylic oxidation sites excluding steroid dienone is 2. The van der Waals surface area contributed by atoms with Crippen LogP contribution in [0.2, 0.25) is 0 Å². The van der Waals surface area contributed by atoms with Gasteiger partial charge in [0.1, 0.15) is 6.54 Å². The fourth-order valence-corrected chi connectivity index (χ4v) is 5.98. The number of fused-ring (bicyclic) bond motifs is 1. The molecule has 1 saturated heterocycles. The largest absolute Gasteiger partial charge is 0.454 e. The van der Waals surface area contributed by atoms with Crippen LogP contribution in [0.25, 0.3) is 0 Å². The molecule has 0 spiro atoms. The van der Waals surface area contributed by atoms with Crippen molar-refractivity contribution >= 4 is 52.1 Å². The highest BCUT2D eigenvalue weighted by Crippen LogP contribution is 2.36. The first kappa shape index (κ1) is 21.7. The Morgan fingerprint density at radius 1 is 1.03 bits per heavy atom. The lowest BCUT2D eigenvalue weighted by atomic mass is 9.85. The summed E-state index contributed by atoms with van der Waals surface area (Å²) in [6.07, 6.45) is 5.36. The number of hydrogen-bond donors (Lipinski definition) is 0. The fraction of sp³-hybridized carbons (Fsp3) is 0.348. The Hall–Kier alpha value is -3.11. The summed E-state index contributed by atoms with van der Waals surface area (Å²) >= 11 is 3.09. The van der Waals surface area contributed by atoms with Crippen molar-refractivity contribution in [2.24, 2.45) is 16.9 Å². The number of esters is 1. The summed E-state index contributed by atoms with van der Waals surface area (Å²) in [5.41, 5.74) is 0.813. The highest BCUT2D eigenvalue weighted by molar-refractivity contribution is 7.12. The second-order valence-corrected chi connectivity index (χ2v) is 10.0. The molecule has 170 valence electrons. The highest BCUT2D eigenvalue weighted by Gasteiger charge is 2.48. The van der Waals surface area contributed by atoms with Gasteiger partial charge < -0.3 is 4.74 Å². The Morgan fingerprint density at radius 3 is 2.36 bits per heavy atom. The third-order valence-corrected chi connectivity index (χ3v) is 7.98. The fourth-order valence-electron chi connectivity index (χ4n) is 4.44. The van der Waals surface area contributed by atoms with Gasteiger partial charge in [-0.15, -0.1) is 22.7 Å². The van der Waals surface area contributed by atoms with Gasteiger partial charge in [0.2, 0.25) is 11.8 Å². The lowest BCUT2D eigenvalue weighted by molar-refractivity contribution is -0.157. The van der Waals surface area contributed by atoms with Crippen molar-refractivity contribution in [2.75, 3.05) is 13.2 Å². The minimum Gasteiger partial charge on any atom is -0.454 e. The zero-order valence-corrected chi connectivity index (χ0v) is 19.2. The van der Waals surface area contributed by atoms with Crippen molar-refractivity contribution in [1.82, 2.24) is 9.91 Å². The number of rotatable bonds is 6. The minimum absolute atomic E-state index is 0.259. The summed E-state index contributed by atoms with van der Waals surface area (Å²) < 4.78 is 5.16. The topological polar surface area (TPSA) is 96.3 Å². The molecule has 8 nitrogen and oxygen atoms in total. The van der Waals surface area contributed by atoms with Crippen LogP contribution >= 0.6 is 22.7 Å². The van der Waals surface area contributed by atoms with E-state index in [1.54, 1.807) is 11.3 Å². The van der Waals surface area contributed by atoms with Crippen molar-refractivity contribution in [3.63, 3.8) is 0 Å². The summed E-state index contributed by atoms with van der Waals surface area (Å²) in [6, 6.07) is 7.50. The van der Waals surface area contributed by atoms with Gasteiger partial charge in [0.25, 0.3) is 5.91 Å². The van der Waals surface area contributed by atoms with Crippen LogP contribution in [0.4, 0.5) is 0 Å². The number of hydrogen-bond acceptors (Lipinski definition) is 8. The summed E-state index contributed by atoms with van der Waals surface area (Å²) in [5.74, 6) is -2.74. The molecule has 0 aromatic carbocycles. The zero-order valence-electron chi connectivity index (χ0n) is 17.6. The Balaban J connectivity index is 1.23. The van der Waals surface area contributed by atoms with E-state index >= 15 is 0 Å². The molecule has 2 aromatic heterocycles. The standard InChI is InChI=1S/C23H21N3O5S2/c27-20(13-31-21(28)12-25-22(29)14-5-1-2-6-15(14)23(25)30)26-17(19-8-4-10-33-19)11-16(24-26)18-7-3-9-32-18/h1-4,7-10,14-15,17H,5-6,11-13H2. The summed E-state index contributed by atoms with van der Waals surface area (Å²) in [5, 5.41) is 9.80. The van der Waals surface area contributed by atoms with E-state index in [2.05, 4.69) is 5.10 Å². The number of thiophene rings is 2. The van der Waals surface area contributed by atoms with Crippen LogP contribution in [-0.2, 0) is 23.9 Å². The smallest absolute Gasteiger partial charge is 0.326 e. The van der Waals surface area contributed by atoms with E-state index in [-0.39, 0.29) is 17.9 Å². The van der Waals surface area contributed by atoms with Crippen molar-refractivity contribution in [3.8, 4) is 0 Å². The molecule has 1 fully saturated rings. The third-order valence-electron chi connectivity index (χ3n) is 6.09. The predicted octanol–water partition coefficient (Wildman–Crippen LogP) is 2.98. The van der Waals surface area contributed by atoms with Crippen molar-refractivity contribution in [1.29, 1.82) is 0 Å². The van der Waals surface area contributed by atoms with Crippen LogP contribution in [0.1, 0.15) is 35.1 Å². The van der Waals surface area contributed by atoms with Crippen LogP contribution < -0.4 is 0 Å². The normalized spacial score (nSPS) is 24.2. The second kappa shape index (κ2) is 9.03. The van der Waals surface area contributed by atoms with Gasteiger partial charge in [-0.2, -0.15) is 5.10 Å². The molecule has 2 aromatic rings. The van der Waals surface area contributed by atoms with Gasteiger partial charge >= 0.3 is 5.97 Å². The summed E-state index contributed by atoms with van der Waals surface area (Å²) in [6.45, 7) is -0.984. The highest BCUT2D eigenvalue weighted by atomic mass is 32.1. The molecule has 0 N–H and O–H groups in total. The average molecular weight is 484 g/mol. The molecule has 10 heteroatoms. The van der Waals surface area contributed by atoms with Gasteiger partial charge in [-0.05, 0) is 35.7 Å². The van der Waals surface area contributed by atoms with Gasteiger partial charge in [0, 0.05) is 11.3 Å². The Kier molecular flexibility index (Phi) is 5.94. The number of hydrazone groups is 1. The molecular formula is C23H21N3O5S2. The molecule has 3 unspecified atom stereocenters. The van der Waals surface area contributed by atoms with Crippen molar-refractivity contribution in [3.05, 3.63) is 56.9 Å². The maximum Gasteiger partial charge on any atom is 0.326 e. The molecule has 4 heterocycles. The predicted molar refractivity (Wildman–Crippen MR) is 122 cm³/mol. The Morgan fingerprint density at radius 2 is 1.73 bits per heavy atom. The molecule has 2 aliphatic heterocycles. The summed E-state index contributed by atoms with van der Waals surface area (Å²) in [4.78, 5) is 53.3. The SMILES string of the molecule is O=C(CN1C(=O)C2CC=CCC2C1=O)OCC(=O)N1N=C(c2cccs2)CC1c1cccs1. The van der Waals surface area contributed by atoms with Crippen LogP contribution in [0.3, 0.4) is 0 Å². The minimum atomic E-state index is -0.786. The van der Waals surface area contributed by atoms with Crippen LogP contribution in [0, 0.1) is 11.8 Å². The molecule has 5 rings (SSSR count). The molecule has 1 aliphatic carbocycles. The molecular weight excluding hydrogens is 462 g/mol. The lowest BCUT2D eigenvalue weighted by Gasteiger charge is -2.21. The first-order chi connectivity index (χ1) is 16.0. The first-order valence-corrected chi connectivity index (χ1v) is 12.4. The van der Waals surface area contributed by atoms with E-state index in [9.17, 15) is 19.2 Å². The zero-order chi connectivity index (χ0) is 22.9. The molecule has 0 radical (unpaired) electrons. The molecule has 0 bridgehead atoms. The van der Waals surface area contributed by atoms with Crippen LogP contribution in [-0.4, -0.2) is 52.5 Å². The van der Waals surface area contributed by atoms with Gasteiger partial charge in [-0.1, -0.05) is 24.3 Å². The van der Waals surface area contributed by atoms with Crippen LogP contribution in [0.5, 0.6) is 0 Å². The van der Waals surface area contributed by atoms with E-state index in [0.717, 1.165) is 20.4 Å². The summed E-state index contributed by atoms with van der Waals surface area (Å²) in [7, 11) is 0. The monoisotopic (exact) mass is 483 g/mol. The third kappa shape index (κ3) is 4.16. The number of carbonyl (C=O) groups excluding carboxylic acids is 4. The number of amides is 3. The maximum atomic E-state index is 12.9. The Labute approximate surface area is 198 Å². The number of likely N-dealkylation sites (tertiary alicyclic amines) is 1. The van der Waals surface area contributed by atoms with Gasteiger partial charge in [-0.3, -0.25) is 24.1 Å². The van der Waals surface area contributed by atoms with E-state index in [1.807, 2.05) is 47.2 Å². The van der Waals surface area contributed by atoms with Gasteiger partial charge in [0.15, 0.2) is 6.61 Å². The maximum absolute atomic E-state index is 12.9. The molecule has 0 saturated carbocycles. The van der Waals surface area contributed by atoms with Crippen molar-refractivity contribution in [2.45, 2.75) is 25.3 Å². The van der Waals surface area contributed by atoms with Crippen LogP contribution in [0.15, 0.2) is 52.3 Å². The number of nitrogens with zero attached hydrogens (tertiary/aromatic N) is 3. The molecule has 3 amide bonds. The van der Waals surface area contributed by atoms with Crippen molar-refractivity contribution < 1.29 is 23.9 Å². The first-order valence-electron chi connectivity index (χ1n) is 10.7. The Bertz CT molecular complexity index is 1110. The van der Waals surface area contributed by atoms with E-state index in [1.165, 1.54) is 16.3 Å². The molecule has 3 atom stereocenters. The molecule has 3 aliphatic rings. The van der Waals surface area contributed by atoms with E-state index in [0.29, 0.717) is 19.3 Å². The average Bonchev–Trinajstić information content (AvgIpc) is 3.62. The lowest BCUT2D eigenvalue weighted by Crippen LogP contribution is -2.38. The second-order valence-electron chi connectivity index (χ2n) is 8.08. The number of carbonyl (C=O) groups is 4. The van der Waals surface area contributed by atoms with Gasteiger partial charge in [-0.25, -0.2) is 5.01 Å². The van der Waals surface area contributed by atoms with Gasteiger partial charge in [0.05, 0.1) is 28.5 Å². The number of ether oxygens (including phenoxy) is 1. The molecule has 33 heavy (non-hydrogen) atoms. The van der Waals surface area contributed by atoms with E-state index < -0.39 is 36.9 Å². The quantitative estimate of drug-likeness (QED) is 0.358. The van der Waals surface area contributed by atoms with E-state index in [4.69, 9.17) is 4.74 Å².